The number of hydrogen-bond donors (Lipinski definition) is 1. The number of methoxy groups -OCH3 is 2. The van der Waals surface area contributed by atoms with Crippen LogP contribution in [0.1, 0.15) is 24.8 Å². The summed E-state index contributed by atoms with van der Waals surface area (Å²) in [6.07, 6.45) is 2.16. The van der Waals surface area contributed by atoms with E-state index in [0.29, 0.717) is 6.54 Å². The van der Waals surface area contributed by atoms with Crippen LogP contribution in [0, 0.1) is 0 Å². The first-order valence-corrected chi connectivity index (χ1v) is 7.70. The zero-order valence-corrected chi connectivity index (χ0v) is 13.9. The largest absolute Gasteiger partial charge is 0.496 e. The number of hydrogen-bond acceptors (Lipinski definition) is 4. The molecule has 116 valence electrons. The third kappa shape index (κ3) is 3.89. The fourth-order valence-corrected chi connectivity index (χ4v) is 3.29. The van der Waals surface area contributed by atoms with Crippen molar-refractivity contribution in [3.63, 3.8) is 0 Å². The number of carboxylic acid groups (broad SMARTS) is 1. The van der Waals surface area contributed by atoms with Gasteiger partial charge in [0, 0.05) is 18.2 Å². The molecule has 1 unspecified atom stereocenters. The van der Waals surface area contributed by atoms with Crippen molar-refractivity contribution in [1.29, 1.82) is 0 Å². The fourth-order valence-electron chi connectivity index (χ4n) is 2.80. The van der Waals surface area contributed by atoms with Gasteiger partial charge in [-0.1, -0.05) is 0 Å². The maximum absolute atomic E-state index is 10.9. The topological polar surface area (TPSA) is 59.0 Å². The molecule has 1 aromatic rings. The summed E-state index contributed by atoms with van der Waals surface area (Å²) in [5.41, 5.74) is 1.01. The lowest BCUT2D eigenvalue weighted by Gasteiger charge is -2.24. The molecule has 21 heavy (non-hydrogen) atoms. The Bertz CT molecular complexity index is 521. The molecule has 1 aromatic carbocycles. The predicted octanol–water partition coefficient (Wildman–Crippen LogP) is 2.91. The van der Waals surface area contributed by atoms with E-state index >= 15 is 0 Å². The van der Waals surface area contributed by atoms with Gasteiger partial charge in [-0.05, 0) is 47.4 Å². The lowest BCUT2D eigenvalue weighted by Crippen LogP contribution is -2.31. The number of rotatable bonds is 6. The van der Waals surface area contributed by atoms with Crippen molar-refractivity contribution in [3.05, 3.63) is 22.2 Å². The molecule has 1 heterocycles. The van der Waals surface area contributed by atoms with E-state index in [2.05, 4.69) is 20.8 Å². The zero-order valence-electron chi connectivity index (χ0n) is 12.3. The minimum absolute atomic E-state index is 0.0989. The first kappa shape index (κ1) is 16.1. The molecule has 0 bridgehead atoms. The molecule has 0 aromatic heterocycles. The van der Waals surface area contributed by atoms with Crippen LogP contribution in [0.2, 0.25) is 0 Å². The van der Waals surface area contributed by atoms with Crippen molar-refractivity contribution < 1.29 is 19.4 Å². The normalized spacial score (nSPS) is 18.7. The molecular formula is C15H20BrNO4. The average Bonchev–Trinajstić information content (AvgIpc) is 2.86. The van der Waals surface area contributed by atoms with E-state index in [1.54, 1.807) is 14.2 Å². The monoisotopic (exact) mass is 357 g/mol. The van der Waals surface area contributed by atoms with Crippen LogP contribution in [0.3, 0.4) is 0 Å². The van der Waals surface area contributed by atoms with Crippen LogP contribution >= 0.6 is 15.9 Å². The first-order valence-electron chi connectivity index (χ1n) is 6.91. The van der Waals surface area contributed by atoms with Gasteiger partial charge in [-0.15, -0.1) is 0 Å². The molecule has 1 aliphatic rings. The Morgan fingerprint density at radius 3 is 2.71 bits per heavy atom. The molecule has 5 nitrogen and oxygen atoms in total. The summed E-state index contributed by atoms with van der Waals surface area (Å²) in [5.74, 6) is 0.788. The lowest BCUT2D eigenvalue weighted by atomic mass is 10.1. The van der Waals surface area contributed by atoms with E-state index in [1.807, 2.05) is 12.1 Å². The molecule has 0 aliphatic carbocycles. The SMILES string of the molecule is COc1cc(CN2CCCC2CC(=O)O)c(OC)cc1Br. The van der Waals surface area contributed by atoms with E-state index in [0.717, 1.165) is 40.9 Å². The summed E-state index contributed by atoms with van der Waals surface area (Å²) >= 11 is 3.44. The van der Waals surface area contributed by atoms with Gasteiger partial charge in [0.1, 0.15) is 11.5 Å². The summed E-state index contributed by atoms with van der Waals surface area (Å²) in [5, 5.41) is 9.00. The number of carbonyl (C=O) groups is 1. The van der Waals surface area contributed by atoms with Crippen LogP contribution in [-0.2, 0) is 11.3 Å². The highest BCUT2D eigenvalue weighted by molar-refractivity contribution is 9.10. The predicted molar refractivity (Wildman–Crippen MR) is 82.9 cm³/mol. The highest BCUT2D eigenvalue weighted by Crippen LogP contribution is 2.34. The van der Waals surface area contributed by atoms with Crippen LogP contribution in [0.15, 0.2) is 16.6 Å². The zero-order chi connectivity index (χ0) is 15.4. The molecule has 6 heteroatoms. The molecule has 0 amide bonds. The van der Waals surface area contributed by atoms with E-state index in [4.69, 9.17) is 14.6 Å². The second-order valence-electron chi connectivity index (χ2n) is 5.16. The van der Waals surface area contributed by atoms with Crippen LogP contribution in [0.5, 0.6) is 11.5 Å². The summed E-state index contributed by atoms with van der Waals surface area (Å²) < 4.78 is 11.6. The highest BCUT2D eigenvalue weighted by Gasteiger charge is 2.27. The minimum atomic E-state index is -0.743. The first-order chi connectivity index (χ1) is 10.0. The van der Waals surface area contributed by atoms with E-state index in [-0.39, 0.29) is 12.5 Å². The molecule has 0 spiro atoms. The Kier molecular flexibility index (Phi) is 5.47. The molecule has 1 N–H and O–H groups in total. The summed E-state index contributed by atoms with van der Waals surface area (Å²) in [4.78, 5) is 13.2. The van der Waals surface area contributed by atoms with Gasteiger partial charge in [0.25, 0.3) is 0 Å². The van der Waals surface area contributed by atoms with E-state index < -0.39 is 5.97 Å². The van der Waals surface area contributed by atoms with Gasteiger partial charge in [0.05, 0.1) is 25.1 Å². The Hall–Kier alpha value is -1.27. The van der Waals surface area contributed by atoms with Gasteiger partial charge in [-0.2, -0.15) is 0 Å². The van der Waals surface area contributed by atoms with Crippen molar-refractivity contribution in [2.75, 3.05) is 20.8 Å². The summed E-state index contributed by atoms with van der Waals surface area (Å²) in [6, 6.07) is 3.93. The van der Waals surface area contributed by atoms with Crippen molar-refractivity contribution in [1.82, 2.24) is 4.90 Å². The highest BCUT2D eigenvalue weighted by atomic mass is 79.9. The molecule has 2 rings (SSSR count). The average molecular weight is 358 g/mol. The van der Waals surface area contributed by atoms with Crippen molar-refractivity contribution in [2.24, 2.45) is 0 Å². The van der Waals surface area contributed by atoms with Gasteiger partial charge in [0.15, 0.2) is 0 Å². The number of halogens is 1. The molecule has 0 radical (unpaired) electrons. The van der Waals surface area contributed by atoms with Crippen LogP contribution in [-0.4, -0.2) is 42.8 Å². The standard InChI is InChI=1S/C15H20BrNO4/c1-20-13-8-12(16)14(21-2)6-10(13)9-17-5-3-4-11(17)7-15(18)19/h6,8,11H,3-5,7,9H2,1-2H3,(H,18,19). The van der Waals surface area contributed by atoms with E-state index in [9.17, 15) is 4.79 Å². The molecule has 1 aliphatic heterocycles. The third-order valence-electron chi connectivity index (χ3n) is 3.84. The number of carboxylic acids is 1. The van der Waals surface area contributed by atoms with Gasteiger partial charge < -0.3 is 14.6 Å². The second-order valence-corrected chi connectivity index (χ2v) is 6.02. The van der Waals surface area contributed by atoms with Crippen molar-refractivity contribution >= 4 is 21.9 Å². The van der Waals surface area contributed by atoms with Crippen molar-refractivity contribution in [2.45, 2.75) is 31.8 Å². The smallest absolute Gasteiger partial charge is 0.304 e. The Balaban J connectivity index is 2.19. The summed E-state index contributed by atoms with van der Waals surface area (Å²) in [7, 11) is 3.26. The maximum Gasteiger partial charge on any atom is 0.304 e. The number of benzene rings is 1. The molecule has 1 saturated heterocycles. The lowest BCUT2D eigenvalue weighted by molar-refractivity contribution is -0.138. The van der Waals surface area contributed by atoms with Crippen molar-refractivity contribution in [3.8, 4) is 11.5 Å². The summed E-state index contributed by atoms with van der Waals surface area (Å²) in [6.45, 7) is 1.59. The van der Waals surface area contributed by atoms with E-state index in [1.165, 1.54) is 0 Å². The third-order valence-corrected chi connectivity index (χ3v) is 4.46. The van der Waals surface area contributed by atoms with Gasteiger partial charge in [-0.25, -0.2) is 0 Å². The Labute approximate surface area is 133 Å². The van der Waals surface area contributed by atoms with Gasteiger partial charge in [0.2, 0.25) is 0 Å². The number of likely N-dealkylation sites (tertiary alicyclic amines) is 1. The Morgan fingerprint density at radius 1 is 1.38 bits per heavy atom. The molecular weight excluding hydrogens is 338 g/mol. The second kappa shape index (κ2) is 7.13. The van der Waals surface area contributed by atoms with Gasteiger partial charge >= 0.3 is 5.97 Å². The fraction of sp³-hybridized carbons (Fsp3) is 0.533. The molecule has 1 fully saturated rings. The quantitative estimate of drug-likeness (QED) is 0.848. The molecule has 0 saturated carbocycles. The van der Waals surface area contributed by atoms with Crippen LogP contribution in [0.4, 0.5) is 0 Å². The number of ether oxygens (including phenoxy) is 2. The van der Waals surface area contributed by atoms with Crippen LogP contribution < -0.4 is 9.47 Å². The molecule has 1 atom stereocenters. The number of nitrogens with zero attached hydrogens (tertiary/aromatic N) is 1. The van der Waals surface area contributed by atoms with Gasteiger partial charge in [-0.3, -0.25) is 9.69 Å². The number of aliphatic carboxylic acids is 1. The van der Waals surface area contributed by atoms with Crippen LogP contribution in [0.25, 0.3) is 0 Å². The minimum Gasteiger partial charge on any atom is -0.496 e. The maximum atomic E-state index is 10.9. The Morgan fingerprint density at radius 2 is 2.10 bits per heavy atom.